The zero-order valence-electron chi connectivity index (χ0n) is 17.8. The highest BCUT2D eigenvalue weighted by Crippen LogP contribution is 2.19. The first-order chi connectivity index (χ1) is 15.6. The number of benzene rings is 2. The van der Waals surface area contributed by atoms with Crippen molar-refractivity contribution in [3.05, 3.63) is 89.9 Å². The molecule has 1 atom stereocenters. The molecule has 0 bridgehead atoms. The number of nitrogens with zero attached hydrogens (tertiary/aromatic N) is 3. The van der Waals surface area contributed by atoms with Crippen molar-refractivity contribution in [2.24, 2.45) is 0 Å². The molecule has 166 valence electrons. The van der Waals surface area contributed by atoms with E-state index < -0.39 is 11.9 Å². The maximum Gasteiger partial charge on any atom is 0.255 e. The largest absolute Gasteiger partial charge is 0.387 e. The number of aliphatic hydroxyl groups excluding tert-OH is 1. The summed E-state index contributed by atoms with van der Waals surface area (Å²) >= 11 is 0. The highest BCUT2D eigenvalue weighted by molar-refractivity contribution is 6.04. The molecule has 1 aromatic heterocycles. The van der Waals surface area contributed by atoms with Crippen LogP contribution in [0.3, 0.4) is 0 Å². The van der Waals surface area contributed by atoms with Crippen LogP contribution in [0.4, 0.5) is 15.9 Å². The number of amides is 1. The van der Waals surface area contributed by atoms with Gasteiger partial charge < -0.3 is 15.3 Å². The van der Waals surface area contributed by atoms with E-state index in [2.05, 4.69) is 20.1 Å². The van der Waals surface area contributed by atoms with Crippen LogP contribution >= 0.6 is 0 Å². The Morgan fingerprint density at radius 1 is 1.03 bits per heavy atom. The van der Waals surface area contributed by atoms with Gasteiger partial charge in [0.15, 0.2) is 0 Å². The Morgan fingerprint density at radius 3 is 2.62 bits per heavy atom. The number of anilines is 2. The molecule has 0 unspecified atom stereocenters. The monoisotopic (exact) mass is 434 g/mol. The molecular formula is C25H27FN4O2. The van der Waals surface area contributed by atoms with Crippen LogP contribution in [0.2, 0.25) is 0 Å². The molecule has 2 heterocycles. The molecule has 0 radical (unpaired) electrons. The standard InChI is InChI=1S/C25H27FN4O2/c26-21-9-4-8-20(16-21)25(32)28-22-10-11-24(27-17-22)30-13-5-12-29(14-15-30)18-23(31)19-6-2-1-3-7-19/h1-4,6-11,16-17,23,31H,5,12-15,18H2,(H,28,32)/t23-/m0/s1. The number of aromatic nitrogens is 1. The molecule has 0 aliphatic carbocycles. The molecule has 1 aliphatic heterocycles. The van der Waals surface area contributed by atoms with Crippen molar-refractivity contribution < 1.29 is 14.3 Å². The third-order valence-electron chi connectivity index (χ3n) is 5.62. The lowest BCUT2D eigenvalue weighted by molar-refractivity contribution is 0.102. The smallest absolute Gasteiger partial charge is 0.255 e. The maximum atomic E-state index is 13.3. The molecule has 2 N–H and O–H groups in total. The van der Waals surface area contributed by atoms with Gasteiger partial charge in [-0.3, -0.25) is 9.69 Å². The average Bonchev–Trinajstić information content (AvgIpc) is 3.06. The van der Waals surface area contributed by atoms with Crippen molar-refractivity contribution in [1.82, 2.24) is 9.88 Å². The Bertz CT molecular complexity index is 1030. The first kappa shape index (κ1) is 21.9. The number of halogens is 1. The zero-order chi connectivity index (χ0) is 22.3. The molecule has 32 heavy (non-hydrogen) atoms. The van der Waals surface area contributed by atoms with E-state index in [0.717, 1.165) is 44.0 Å². The lowest BCUT2D eigenvalue weighted by Crippen LogP contribution is -2.33. The second-order valence-electron chi connectivity index (χ2n) is 7.94. The molecule has 6 nitrogen and oxygen atoms in total. The van der Waals surface area contributed by atoms with Crippen molar-refractivity contribution in [3.8, 4) is 0 Å². The number of hydrogen-bond acceptors (Lipinski definition) is 5. The van der Waals surface area contributed by atoms with Gasteiger partial charge in [-0.1, -0.05) is 36.4 Å². The fraction of sp³-hybridized carbons (Fsp3) is 0.280. The number of β-amino-alcohol motifs (C(OH)–C–C–N with tert-alkyl or cyclic N) is 1. The Balaban J connectivity index is 1.32. The number of carbonyl (C=O) groups is 1. The number of carbonyl (C=O) groups excluding carboxylic acids is 1. The van der Waals surface area contributed by atoms with E-state index >= 15 is 0 Å². The normalized spacial score (nSPS) is 15.8. The van der Waals surface area contributed by atoms with E-state index in [1.54, 1.807) is 18.3 Å². The van der Waals surface area contributed by atoms with E-state index in [0.29, 0.717) is 12.2 Å². The number of nitrogens with one attached hydrogen (secondary N) is 1. The number of hydrogen-bond donors (Lipinski definition) is 2. The molecule has 0 spiro atoms. The molecule has 1 aliphatic rings. The van der Waals surface area contributed by atoms with Crippen molar-refractivity contribution in [1.29, 1.82) is 0 Å². The molecule has 1 saturated heterocycles. The Labute approximate surface area is 187 Å². The van der Waals surface area contributed by atoms with Gasteiger partial charge in [-0.2, -0.15) is 0 Å². The van der Waals surface area contributed by atoms with E-state index in [1.807, 2.05) is 36.4 Å². The van der Waals surface area contributed by atoms with Gasteiger partial charge in [0.25, 0.3) is 5.91 Å². The van der Waals surface area contributed by atoms with Crippen LogP contribution in [0.5, 0.6) is 0 Å². The van der Waals surface area contributed by atoms with E-state index in [-0.39, 0.29) is 11.5 Å². The summed E-state index contributed by atoms with van der Waals surface area (Å²) in [5.41, 5.74) is 1.76. The average molecular weight is 435 g/mol. The summed E-state index contributed by atoms with van der Waals surface area (Å²) in [4.78, 5) is 21.3. The van der Waals surface area contributed by atoms with Crippen molar-refractivity contribution >= 4 is 17.4 Å². The summed E-state index contributed by atoms with van der Waals surface area (Å²) in [5, 5.41) is 13.3. The predicted octanol–water partition coefficient (Wildman–Crippen LogP) is 3.72. The summed E-state index contributed by atoms with van der Waals surface area (Å²) in [6.07, 6.45) is 2.09. The van der Waals surface area contributed by atoms with Crippen LogP contribution < -0.4 is 10.2 Å². The topological polar surface area (TPSA) is 68.7 Å². The lowest BCUT2D eigenvalue weighted by Gasteiger charge is -2.24. The Kier molecular flexibility index (Phi) is 7.09. The van der Waals surface area contributed by atoms with Crippen LogP contribution in [-0.2, 0) is 0 Å². The third kappa shape index (κ3) is 5.69. The van der Waals surface area contributed by atoms with Crippen LogP contribution in [0.15, 0.2) is 72.9 Å². The van der Waals surface area contributed by atoms with Gasteiger partial charge in [0.2, 0.25) is 0 Å². The van der Waals surface area contributed by atoms with Gasteiger partial charge in [-0.25, -0.2) is 9.37 Å². The zero-order valence-corrected chi connectivity index (χ0v) is 17.8. The van der Waals surface area contributed by atoms with Crippen LogP contribution in [0, 0.1) is 5.82 Å². The quantitative estimate of drug-likeness (QED) is 0.619. The number of pyridine rings is 1. The predicted molar refractivity (Wildman–Crippen MR) is 123 cm³/mol. The summed E-state index contributed by atoms with van der Waals surface area (Å²) in [7, 11) is 0. The summed E-state index contributed by atoms with van der Waals surface area (Å²) in [6.45, 7) is 4.05. The fourth-order valence-corrected chi connectivity index (χ4v) is 3.89. The first-order valence-corrected chi connectivity index (χ1v) is 10.8. The minimum absolute atomic E-state index is 0.263. The molecule has 1 amide bonds. The summed E-state index contributed by atoms with van der Waals surface area (Å²) in [5.74, 6) is 0.0262. The van der Waals surface area contributed by atoms with Gasteiger partial charge in [0.05, 0.1) is 18.0 Å². The van der Waals surface area contributed by atoms with Crippen LogP contribution in [0.1, 0.15) is 28.4 Å². The van der Waals surface area contributed by atoms with E-state index in [1.165, 1.54) is 18.2 Å². The number of rotatable bonds is 6. The maximum absolute atomic E-state index is 13.3. The Morgan fingerprint density at radius 2 is 1.88 bits per heavy atom. The molecule has 0 saturated carbocycles. The molecule has 4 rings (SSSR count). The molecule has 7 heteroatoms. The molecular weight excluding hydrogens is 407 g/mol. The lowest BCUT2D eigenvalue weighted by atomic mass is 10.1. The van der Waals surface area contributed by atoms with Gasteiger partial charge in [0, 0.05) is 38.3 Å². The highest BCUT2D eigenvalue weighted by Gasteiger charge is 2.19. The highest BCUT2D eigenvalue weighted by atomic mass is 19.1. The first-order valence-electron chi connectivity index (χ1n) is 10.8. The molecule has 2 aromatic carbocycles. The van der Waals surface area contributed by atoms with Gasteiger partial charge >= 0.3 is 0 Å². The third-order valence-corrected chi connectivity index (χ3v) is 5.62. The van der Waals surface area contributed by atoms with Crippen molar-refractivity contribution in [2.45, 2.75) is 12.5 Å². The second-order valence-corrected chi connectivity index (χ2v) is 7.94. The van der Waals surface area contributed by atoms with Gasteiger partial charge in [0.1, 0.15) is 11.6 Å². The SMILES string of the molecule is O=C(Nc1ccc(N2CCCN(C[C@H](O)c3ccccc3)CC2)nc1)c1cccc(F)c1. The molecule has 1 fully saturated rings. The minimum Gasteiger partial charge on any atom is -0.387 e. The van der Waals surface area contributed by atoms with Crippen molar-refractivity contribution in [2.75, 3.05) is 42.9 Å². The fourth-order valence-electron chi connectivity index (χ4n) is 3.89. The van der Waals surface area contributed by atoms with Crippen molar-refractivity contribution in [3.63, 3.8) is 0 Å². The van der Waals surface area contributed by atoms with Crippen LogP contribution in [0.25, 0.3) is 0 Å². The van der Waals surface area contributed by atoms with E-state index in [4.69, 9.17) is 0 Å². The number of aliphatic hydroxyl groups is 1. The van der Waals surface area contributed by atoms with E-state index in [9.17, 15) is 14.3 Å². The Hall–Kier alpha value is -3.29. The molecule has 3 aromatic rings. The van der Waals surface area contributed by atoms with Crippen LogP contribution in [-0.4, -0.2) is 53.6 Å². The van der Waals surface area contributed by atoms with Gasteiger partial charge in [-0.05, 0) is 42.3 Å². The summed E-state index contributed by atoms with van der Waals surface area (Å²) in [6, 6.07) is 19.0. The summed E-state index contributed by atoms with van der Waals surface area (Å²) < 4.78 is 13.3. The van der Waals surface area contributed by atoms with Gasteiger partial charge in [-0.15, -0.1) is 0 Å². The second kappa shape index (κ2) is 10.3. The minimum atomic E-state index is -0.498.